The molecule has 1 saturated heterocycles. The van der Waals surface area contributed by atoms with E-state index in [-0.39, 0.29) is 18.5 Å². The van der Waals surface area contributed by atoms with Gasteiger partial charge in [0.1, 0.15) is 36.1 Å². The standard InChI is InChI=1S/C20H24ClN4O8P/c21-20-23-17(22-13(8-26)11-4-2-1-3-5-11)12-6-7-25(18(12)24-20)19-16(28)15(27)14(33-19)9-32-10-34(29,30)31/h1-7,13-16,19,26-28H,8-10H2,(H,22,23,24)(H2,29,30,31)/t13-,14-,15-,16-,19-/m1/s1. The summed E-state index contributed by atoms with van der Waals surface area (Å²) in [5.41, 5.74) is 1.14. The molecule has 14 heteroatoms. The fourth-order valence-corrected chi connectivity index (χ4v) is 4.30. The second-order valence-electron chi connectivity index (χ2n) is 7.80. The third kappa shape index (κ3) is 5.41. The zero-order valence-corrected chi connectivity index (χ0v) is 19.3. The van der Waals surface area contributed by atoms with E-state index in [1.165, 1.54) is 4.57 Å². The lowest BCUT2D eigenvalue weighted by molar-refractivity contribution is -0.0610. The number of halogens is 1. The first-order valence-corrected chi connectivity index (χ1v) is 12.5. The average molecular weight is 515 g/mol. The molecule has 34 heavy (non-hydrogen) atoms. The van der Waals surface area contributed by atoms with Gasteiger partial charge in [-0.25, -0.2) is 4.98 Å². The number of ether oxygens (including phenoxy) is 2. The van der Waals surface area contributed by atoms with Crippen LogP contribution in [0.4, 0.5) is 5.82 Å². The summed E-state index contributed by atoms with van der Waals surface area (Å²) in [5, 5.41) is 34.4. The maximum absolute atomic E-state index is 11.0. The Morgan fingerprint density at radius 3 is 2.59 bits per heavy atom. The molecule has 5 atom stereocenters. The van der Waals surface area contributed by atoms with Crippen molar-refractivity contribution in [2.24, 2.45) is 0 Å². The van der Waals surface area contributed by atoms with Crippen molar-refractivity contribution in [2.45, 2.75) is 30.6 Å². The van der Waals surface area contributed by atoms with Gasteiger partial charge in [-0.15, -0.1) is 0 Å². The maximum Gasteiger partial charge on any atom is 0.350 e. The normalized spacial score (nSPS) is 23.9. The fraction of sp³-hybridized carbons (Fsp3) is 0.400. The van der Waals surface area contributed by atoms with Crippen LogP contribution in [0.5, 0.6) is 0 Å². The Hall–Kier alpha value is -2.12. The van der Waals surface area contributed by atoms with E-state index >= 15 is 0 Å². The van der Waals surface area contributed by atoms with Gasteiger partial charge in [0.25, 0.3) is 0 Å². The van der Waals surface area contributed by atoms with Gasteiger partial charge in [-0.3, -0.25) is 4.57 Å². The van der Waals surface area contributed by atoms with Gasteiger partial charge in [-0.2, -0.15) is 4.98 Å². The summed E-state index contributed by atoms with van der Waals surface area (Å²) in [4.78, 5) is 26.3. The average Bonchev–Trinajstić information content (AvgIpc) is 3.33. The summed E-state index contributed by atoms with van der Waals surface area (Å²) in [6.45, 7) is -0.544. The van der Waals surface area contributed by atoms with Crippen LogP contribution in [0.1, 0.15) is 17.8 Å². The van der Waals surface area contributed by atoms with Crippen molar-refractivity contribution in [2.75, 3.05) is 24.9 Å². The van der Waals surface area contributed by atoms with Gasteiger partial charge in [0, 0.05) is 6.20 Å². The fourth-order valence-electron chi connectivity index (χ4n) is 3.79. The van der Waals surface area contributed by atoms with E-state index in [2.05, 4.69) is 15.3 Å². The topological polar surface area (TPSA) is 179 Å². The van der Waals surface area contributed by atoms with Crippen LogP contribution in [0.15, 0.2) is 42.6 Å². The quantitative estimate of drug-likeness (QED) is 0.177. The van der Waals surface area contributed by atoms with Crippen molar-refractivity contribution in [3.63, 3.8) is 0 Å². The Labute approximate surface area is 198 Å². The Bertz CT molecular complexity index is 1180. The molecule has 3 aromatic rings. The van der Waals surface area contributed by atoms with Crippen molar-refractivity contribution in [1.82, 2.24) is 14.5 Å². The van der Waals surface area contributed by atoms with Gasteiger partial charge in [0.2, 0.25) is 5.28 Å². The number of aromatic nitrogens is 3. The molecule has 3 heterocycles. The van der Waals surface area contributed by atoms with Crippen LogP contribution in [0.2, 0.25) is 5.28 Å². The number of aliphatic hydroxyl groups is 3. The molecule has 1 aliphatic rings. The molecule has 0 unspecified atom stereocenters. The lowest BCUT2D eigenvalue weighted by atomic mass is 10.1. The molecule has 1 aliphatic heterocycles. The molecule has 4 rings (SSSR count). The Morgan fingerprint density at radius 1 is 1.18 bits per heavy atom. The minimum Gasteiger partial charge on any atom is -0.394 e. The molecule has 6 N–H and O–H groups in total. The van der Waals surface area contributed by atoms with Crippen LogP contribution in [0.3, 0.4) is 0 Å². The molecule has 0 radical (unpaired) electrons. The second-order valence-corrected chi connectivity index (χ2v) is 9.73. The SMILES string of the molecule is O=P(O)(O)COC[C@H]1O[C@@H](n2ccc3c(N[C@H](CO)c4ccccc4)nc(Cl)nc32)[C@H](O)[C@@H]1O. The highest BCUT2D eigenvalue weighted by atomic mass is 35.5. The summed E-state index contributed by atoms with van der Waals surface area (Å²) in [6, 6.07) is 10.5. The maximum atomic E-state index is 11.0. The van der Waals surface area contributed by atoms with Crippen molar-refractivity contribution in [1.29, 1.82) is 0 Å². The number of benzene rings is 1. The minimum atomic E-state index is -4.38. The van der Waals surface area contributed by atoms with E-state index in [0.29, 0.717) is 16.9 Å². The lowest BCUT2D eigenvalue weighted by Crippen LogP contribution is -2.33. The highest BCUT2D eigenvalue weighted by Gasteiger charge is 2.44. The van der Waals surface area contributed by atoms with Crippen LogP contribution < -0.4 is 5.32 Å². The Kier molecular flexibility index (Phi) is 7.53. The van der Waals surface area contributed by atoms with Gasteiger partial charge in [-0.05, 0) is 23.2 Å². The molecule has 0 aliphatic carbocycles. The van der Waals surface area contributed by atoms with Crippen molar-refractivity contribution in [3.05, 3.63) is 53.4 Å². The molecule has 184 valence electrons. The number of anilines is 1. The number of aliphatic hydroxyl groups excluding tert-OH is 3. The van der Waals surface area contributed by atoms with Gasteiger partial charge in [0.15, 0.2) is 6.23 Å². The summed E-state index contributed by atoms with van der Waals surface area (Å²) in [5.74, 6) is 0.353. The minimum absolute atomic E-state index is 0.0886. The zero-order chi connectivity index (χ0) is 24.5. The molecule has 0 saturated carbocycles. The first-order chi connectivity index (χ1) is 16.2. The highest BCUT2D eigenvalue weighted by Crippen LogP contribution is 2.37. The van der Waals surface area contributed by atoms with Crippen molar-refractivity contribution in [3.8, 4) is 0 Å². The van der Waals surface area contributed by atoms with E-state index in [4.69, 9.17) is 30.9 Å². The number of hydrogen-bond donors (Lipinski definition) is 6. The Morgan fingerprint density at radius 2 is 1.91 bits per heavy atom. The molecule has 0 amide bonds. The molecular weight excluding hydrogens is 491 g/mol. The van der Waals surface area contributed by atoms with E-state index < -0.39 is 44.5 Å². The number of hydrogen-bond acceptors (Lipinski definition) is 9. The largest absolute Gasteiger partial charge is 0.394 e. The summed E-state index contributed by atoms with van der Waals surface area (Å²) < 4.78 is 23.1. The predicted molar refractivity (Wildman–Crippen MR) is 121 cm³/mol. The predicted octanol–water partition coefficient (Wildman–Crippen LogP) is 1.00. The van der Waals surface area contributed by atoms with Gasteiger partial charge < -0.3 is 44.5 Å². The number of rotatable bonds is 9. The molecule has 12 nitrogen and oxygen atoms in total. The van der Waals surface area contributed by atoms with Crippen LogP contribution in [0.25, 0.3) is 11.0 Å². The van der Waals surface area contributed by atoms with Crippen LogP contribution in [-0.2, 0) is 14.0 Å². The molecule has 1 aromatic carbocycles. The van der Waals surface area contributed by atoms with Crippen LogP contribution in [-0.4, -0.2) is 77.5 Å². The van der Waals surface area contributed by atoms with Crippen molar-refractivity contribution < 1.29 is 39.1 Å². The first-order valence-electron chi connectivity index (χ1n) is 10.3. The third-order valence-corrected chi connectivity index (χ3v) is 6.08. The summed E-state index contributed by atoms with van der Waals surface area (Å²) in [7, 11) is -4.38. The molecule has 0 bridgehead atoms. The molecule has 2 aromatic heterocycles. The molecular formula is C20H24ClN4O8P. The monoisotopic (exact) mass is 514 g/mol. The highest BCUT2D eigenvalue weighted by molar-refractivity contribution is 7.51. The lowest BCUT2D eigenvalue weighted by Gasteiger charge is -2.19. The molecule has 1 fully saturated rings. The van der Waals surface area contributed by atoms with E-state index in [1.807, 2.05) is 30.3 Å². The van der Waals surface area contributed by atoms with Gasteiger partial charge in [0.05, 0.1) is 24.6 Å². The van der Waals surface area contributed by atoms with E-state index in [9.17, 15) is 19.9 Å². The van der Waals surface area contributed by atoms with E-state index in [1.54, 1.807) is 12.3 Å². The number of nitrogens with zero attached hydrogens (tertiary/aromatic N) is 3. The summed E-state index contributed by atoms with van der Waals surface area (Å²) >= 11 is 6.15. The van der Waals surface area contributed by atoms with Crippen molar-refractivity contribution >= 4 is 36.0 Å². The van der Waals surface area contributed by atoms with Crippen LogP contribution in [0, 0.1) is 0 Å². The van der Waals surface area contributed by atoms with Gasteiger partial charge >= 0.3 is 7.60 Å². The van der Waals surface area contributed by atoms with Gasteiger partial charge in [-0.1, -0.05) is 30.3 Å². The number of fused-ring (bicyclic) bond motifs is 1. The van der Waals surface area contributed by atoms with E-state index in [0.717, 1.165) is 5.56 Å². The van der Waals surface area contributed by atoms with Crippen LogP contribution >= 0.6 is 19.2 Å². The smallest absolute Gasteiger partial charge is 0.350 e. The Balaban J connectivity index is 1.59. The second kappa shape index (κ2) is 10.2. The summed E-state index contributed by atoms with van der Waals surface area (Å²) in [6.07, 6.45) is -4.10. The molecule has 0 spiro atoms. The third-order valence-electron chi connectivity index (χ3n) is 5.39. The first kappa shape index (κ1) is 25.0. The zero-order valence-electron chi connectivity index (χ0n) is 17.7. The number of nitrogens with one attached hydrogen (secondary N) is 1.